The zero-order valence-corrected chi connectivity index (χ0v) is 9.62. The van der Waals surface area contributed by atoms with Crippen molar-refractivity contribution in [2.75, 3.05) is 5.73 Å². The largest absolute Gasteiger partial charge is 0.446 e. The molecule has 16 heavy (non-hydrogen) atoms. The zero-order valence-electron chi connectivity index (χ0n) is 8.04. The Kier molecular flexibility index (Phi) is 2.78. The molecule has 0 amide bonds. The predicted molar refractivity (Wildman–Crippen MR) is 60.7 cm³/mol. The van der Waals surface area contributed by atoms with Gasteiger partial charge in [-0.1, -0.05) is 0 Å². The van der Waals surface area contributed by atoms with E-state index in [0.29, 0.717) is 4.67 Å². The van der Waals surface area contributed by atoms with Crippen LogP contribution in [0.3, 0.4) is 0 Å². The van der Waals surface area contributed by atoms with Gasteiger partial charge in [0.05, 0.1) is 0 Å². The number of hydrogen-bond acceptors (Lipinski definition) is 3. The van der Waals surface area contributed by atoms with Crippen molar-refractivity contribution in [1.82, 2.24) is 0 Å². The molecule has 1 heterocycles. The lowest BCUT2D eigenvalue weighted by Gasteiger charge is -2.00. The summed E-state index contributed by atoms with van der Waals surface area (Å²) in [4.78, 5) is 11.8. The van der Waals surface area contributed by atoms with E-state index in [1.165, 1.54) is 12.1 Å². The van der Waals surface area contributed by atoms with Gasteiger partial charge >= 0.3 is 0 Å². The van der Waals surface area contributed by atoms with E-state index >= 15 is 0 Å². The molecular formula is C11H7BrFNO2. The molecule has 0 radical (unpaired) electrons. The predicted octanol–water partition coefficient (Wildman–Crippen LogP) is 2.99. The number of carbonyl (C=O) groups is 1. The average Bonchev–Trinajstić information content (AvgIpc) is 2.62. The molecule has 82 valence electrons. The fourth-order valence-corrected chi connectivity index (χ4v) is 1.63. The highest BCUT2D eigenvalue weighted by atomic mass is 79.9. The van der Waals surface area contributed by atoms with E-state index in [9.17, 15) is 9.18 Å². The highest BCUT2D eigenvalue weighted by Gasteiger charge is 2.14. The molecule has 0 unspecified atom stereocenters. The molecule has 0 aliphatic carbocycles. The van der Waals surface area contributed by atoms with E-state index in [4.69, 9.17) is 10.2 Å². The minimum Gasteiger partial charge on any atom is -0.446 e. The number of ketones is 1. The molecule has 2 N–H and O–H groups in total. The van der Waals surface area contributed by atoms with E-state index in [2.05, 4.69) is 15.9 Å². The van der Waals surface area contributed by atoms with Crippen LogP contribution in [0.15, 0.2) is 39.4 Å². The van der Waals surface area contributed by atoms with Gasteiger partial charge in [-0.15, -0.1) is 0 Å². The highest BCUT2D eigenvalue weighted by Crippen LogP contribution is 2.19. The second-order valence-corrected chi connectivity index (χ2v) is 3.99. The molecule has 0 aliphatic heterocycles. The molecule has 5 heteroatoms. The standard InChI is InChI=1S/C11H7BrFNO2/c12-10-2-1-9(16-10)11(15)6-3-7(13)5-8(14)4-6/h1-5H,14H2. The van der Waals surface area contributed by atoms with Crippen molar-refractivity contribution in [1.29, 1.82) is 0 Å². The number of nitrogens with two attached hydrogens (primary N) is 1. The van der Waals surface area contributed by atoms with Crippen molar-refractivity contribution >= 4 is 27.4 Å². The van der Waals surface area contributed by atoms with Gasteiger partial charge in [0.15, 0.2) is 10.4 Å². The summed E-state index contributed by atoms with van der Waals surface area (Å²) in [6, 6.07) is 6.77. The van der Waals surface area contributed by atoms with Crippen LogP contribution in [0.1, 0.15) is 16.1 Å². The number of rotatable bonds is 2. The second-order valence-electron chi connectivity index (χ2n) is 3.21. The lowest BCUT2D eigenvalue weighted by Crippen LogP contribution is -2.01. The van der Waals surface area contributed by atoms with Gasteiger partial charge in [-0.3, -0.25) is 4.79 Å². The van der Waals surface area contributed by atoms with Crippen LogP contribution in [-0.4, -0.2) is 5.78 Å². The number of halogens is 2. The van der Waals surface area contributed by atoms with E-state index < -0.39 is 11.6 Å². The summed E-state index contributed by atoms with van der Waals surface area (Å²) < 4.78 is 18.6. The fraction of sp³-hybridized carbons (Fsp3) is 0. The Morgan fingerprint density at radius 1 is 1.31 bits per heavy atom. The van der Waals surface area contributed by atoms with Crippen LogP contribution in [0.5, 0.6) is 0 Å². The molecule has 0 atom stereocenters. The second kappa shape index (κ2) is 4.09. The average molecular weight is 284 g/mol. The summed E-state index contributed by atoms with van der Waals surface area (Å²) in [5, 5.41) is 0. The van der Waals surface area contributed by atoms with E-state index in [1.807, 2.05) is 0 Å². The number of nitrogen functional groups attached to an aromatic ring is 1. The first kappa shape index (κ1) is 10.9. The topological polar surface area (TPSA) is 56.2 Å². The van der Waals surface area contributed by atoms with Crippen molar-refractivity contribution < 1.29 is 13.6 Å². The molecule has 0 saturated carbocycles. The Morgan fingerprint density at radius 2 is 2.06 bits per heavy atom. The maximum Gasteiger partial charge on any atom is 0.228 e. The first-order valence-electron chi connectivity index (χ1n) is 4.42. The molecule has 1 aromatic carbocycles. The van der Waals surface area contributed by atoms with Crippen molar-refractivity contribution in [3.8, 4) is 0 Å². The molecule has 0 bridgehead atoms. The lowest BCUT2D eigenvalue weighted by atomic mass is 10.1. The minimum atomic E-state index is -0.547. The summed E-state index contributed by atoms with van der Waals surface area (Å²) in [7, 11) is 0. The van der Waals surface area contributed by atoms with Crippen molar-refractivity contribution in [3.63, 3.8) is 0 Å². The monoisotopic (exact) mass is 283 g/mol. The molecule has 0 aliphatic rings. The number of carbonyl (C=O) groups excluding carboxylic acids is 1. The maximum atomic E-state index is 13.0. The van der Waals surface area contributed by atoms with Gasteiger partial charge in [-0.2, -0.15) is 0 Å². The van der Waals surface area contributed by atoms with Gasteiger partial charge in [-0.25, -0.2) is 4.39 Å². The van der Waals surface area contributed by atoms with Crippen LogP contribution in [0, 0.1) is 5.82 Å². The number of hydrogen-bond donors (Lipinski definition) is 1. The lowest BCUT2D eigenvalue weighted by molar-refractivity contribution is 0.101. The van der Waals surface area contributed by atoms with Crippen molar-refractivity contribution in [3.05, 3.63) is 52.1 Å². The van der Waals surface area contributed by atoms with Crippen LogP contribution in [0.4, 0.5) is 10.1 Å². The van der Waals surface area contributed by atoms with Gasteiger partial charge in [-0.05, 0) is 46.3 Å². The molecule has 0 fully saturated rings. The normalized spacial score (nSPS) is 10.4. The quantitative estimate of drug-likeness (QED) is 0.681. The Morgan fingerprint density at radius 3 is 2.62 bits per heavy atom. The van der Waals surface area contributed by atoms with Crippen molar-refractivity contribution in [2.45, 2.75) is 0 Å². The molecule has 3 nitrogen and oxygen atoms in total. The molecule has 0 saturated heterocycles. The van der Waals surface area contributed by atoms with Gasteiger partial charge in [0.2, 0.25) is 5.78 Å². The van der Waals surface area contributed by atoms with E-state index in [0.717, 1.165) is 12.1 Å². The van der Waals surface area contributed by atoms with Crippen LogP contribution >= 0.6 is 15.9 Å². The third kappa shape index (κ3) is 2.14. The summed E-state index contributed by atoms with van der Waals surface area (Å²) in [6.45, 7) is 0. The first-order valence-corrected chi connectivity index (χ1v) is 5.21. The smallest absolute Gasteiger partial charge is 0.228 e. The Labute approximate surface area is 99.2 Å². The van der Waals surface area contributed by atoms with Crippen LogP contribution < -0.4 is 5.73 Å². The van der Waals surface area contributed by atoms with Gasteiger partial charge < -0.3 is 10.2 Å². The minimum absolute atomic E-state index is 0.136. The van der Waals surface area contributed by atoms with Crippen LogP contribution in [0.25, 0.3) is 0 Å². The number of furan rings is 1. The third-order valence-corrected chi connectivity index (χ3v) is 2.41. The molecule has 0 spiro atoms. The molecule has 2 aromatic rings. The SMILES string of the molecule is Nc1cc(F)cc(C(=O)c2ccc(Br)o2)c1. The summed E-state index contributed by atoms with van der Waals surface area (Å²) in [5.41, 5.74) is 5.82. The Balaban J connectivity index is 2.41. The van der Waals surface area contributed by atoms with Gasteiger partial charge in [0.25, 0.3) is 0 Å². The van der Waals surface area contributed by atoms with E-state index in [-0.39, 0.29) is 17.0 Å². The zero-order chi connectivity index (χ0) is 11.7. The summed E-state index contributed by atoms with van der Waals surface area (Å²) in [5.74, 6) is -0.817. The summed E-state index contributed by atoms with van der Waals surface area (Å²) >= 11 is 3.08. The summed E-state index contributed by atoms with van der Waals surface area (Å²) in [6.07, 6.45) is 0. The molecule has 2 rings (SSSR count). The Hall–Kier alpha value is -1.62. The molecule has 1 aromatic heterocycles. The highest BCUT2D eigenvalue weighted by molar-refractivity contribution is 9.10. The number of anilines is 1. The fourth-order valence-electron chi connectivity index (χ4n) is 1.32. The van der Waals surface area contributed by atoms with Gasteiger partial charge in [0.1, 0.15) is 5.82 Å². The van der Waals surface area contributed by atoms with Crippen LogP contribution in [0.2, 0.25) is 0 Å². The molecular weight excluding hydrogens is 277 g/mol. The van der Waals surface area contributed by atoms with Crippen molar-refractivity contribution in [2.24, 2.45) is 0 Å². The third-order valence-electron chi connectivity index (χ3n) is 1.98. The first-order chi connectivity index (χ1) is 7.56. The Bertz CT molecular complexity index is 530. The van der Waals surface area contributed by atoms with Gasteiger partial charge in [0, 0.05) is 11.3 Å². The van der Waals surface area contributed by atoms with E-state index in [1.54, 1.807) is 6.07 Å². The maximum absolute atomic E-state index is 13.0. The van der Waals surface area contributed by atoms with Crippen LogP contribution in [-0.2, 0) is 0 Å². The number of benzene rings is 1.